The number of carbonyl (C=O) groups excluding carboxylic acids is 1. The Labute approximate surface area is 114 Å². The highest BCUT2D eigenvalue weighted by Crippen LogP contribution is 2.32. The normalized spacial score (nSPS) is 12.0. The molecule has 100 valence electrons. The molecule has 5 nitrogen and oxygen atoms in total. The molecule has 0 fully saturated rings. The standard InChI is InChI=1S/C11H9FN2O3S2/c1-19(16,17)11-14-8(10(13)15)9(18-11)6-2-4-7(12)5-3-6/h2-5H,1H3,(H2,13,15)/i/hD. The molecule has 8 heteroatoms. The van der Waals surface area contributed by atoms with E-state index < -0.39 is 21.6 Å². The van der Waals surface area contributed by atoms with Crippen molar-refractivity contribution < 1.29 is 19.0 Å². The number of nitrogens with zero attached hydrogens (tertiary/aromatic N) is 1. The molecule has 0 bridgehead atoms. The molecule has 1 aromatic carbocycles. The maximum atomic E-state index is 12.9. The van der Waals surface area contributed by atoms with Crippen LogP contribution in [0.15, 0.2) is 28.6 Å². The summed E-state index contributed by atoms with van der Waals surface area (Å²) in [6.07, 6.45) is 0.975. The van der Waals surface area contributed by atoms with Crippen LogP contribution >= 0.6 is 11.3 Å². The molecule has 0 saturated carbocycles. The molecular weight excluding hydrogens is 291 g/mol. The number of nitrogens with two attached hydrogens (primary N) is 1. The molecule has 0 aliphatic rings. The van der Waals surface area contributed by atoms with Gasteiger partial charge < -0.3 is 5.73 Å². The molecule has 2 N–H and O–H groups in total. The van der Waals surface area contributed by atoms with Crippen LogP contribution in [0.5, 0.6) is 0 Å². The molecular formula is C11H9FN2O3S2. The molecule has 1 aromatic heterocycles. The zero-order valence-electron chi connectivity index (χ0n) is 10.7. The van der Waals surface area contributed by atoms with Crippen molar-refractivity contribution in [2.75, 3.05) is 6.26 Å². The zero-order chi connectivity index (χ0) is 14.9. The number of hydrogen-bond donors (Lipinski definition) is 1. The molecule has 0 spiro atoms. The molecule has 0 aliphatic carbocycles. The van der Waals surface area contributed by atoms with E-state index in [9.17, 15) is 17.6 Å². The first-order valence-electron chi connectivity index (χ1n) is 5.52. The van der Waals surface area contributed by atoms with E-state index in [1.54, 1.807) is 5.73 Å². The van der Waals surface area contributed by atoms with Crippen LogP contribution in [0.25, 0.3) is 10.4 Å². The van der Waals surface area contributed by atoms with E-state index in [1.807, 2.05) is 0 Å². The van der Waals surface area contributed by atoms with E-state index in [4.69, 9.17) is 1.41 Å². The lowest BCUT2D eigenvalue weighted by atomic mass is 10.1. The number of rotatable bonds is 3. The fourth-order valence-electron chi connectivity index (χ4n) is 1.41. The van der Waals surface area contributed by atoms with E-state index in [2.05, 4.69) is 4.98 Å². The maximum absolute atomic E-state index is 12.9. The zero-order valence-corrected chi connectivity index (χ0v) is 11.3. The lowest BCUT2D eigenvalue weighted by molar-refractivity contribution is 0.0996. The fourth-order valence-corrected chi connectivity index (χ4v) is 3.32. The SMILES string of the molecule is [2H]NC(=O)c1nc(S(C)(=O)=O)sc1-c1ccc(F)cc1. The fraction of sp³-hybridized carbons (Fsp3) is 0.0909. The van der Waals surface area contributed by atoms with Gasteiger partial charge in [-0.25, -0.2) is 17.8 Å². The summed E-state index contributed by atoms with van der Waals surface area (Å²) < 4.78 is 42.5. The Morgan fingerprint density at radius 3 is 2.58 bits per heavy atom. The molecule has 0 saturated heterocycles. The third-order valence-corrected chi connectivity index (χ3v) is 5.03. The van der Waals surface area contributed by atoms with Crippen molar-refractivity contribution in [1.29, 1.82) is 0 Å². The van der Waals surface area contributed by atoms with Gasteiger partial charge in [0.1, 0.15) is 11.5 Å². The lowest BCUT2D eigenvalue weighted by Gasteiger charge is -1.98. The average Bonchev–Trinajstić information content (AvgIpc) is 2.83. The third-order valence-electron chi connectivity index (χ3n) is 2.25. The van der Waals surface area contributed by atoms with Crippen molar-refractivity contribution in [3.05, 3.63) is 35.8 Å². The lowest BCUT2D eigenvalue weighted by Crippen LogP contribution is -2.13. The van der Waals surface area contributed by atoms with Gasteiger partial charge in [0, 0.05) is 6.26 Å². The number of sulfone groups is 1. The smallest absolute Gasteiger partial charge is 0.268 e. The van der Waals surface area contributed by atoms with Crippen LogP contribution in [-0.2, 0) is 9.84 Å². The molecule has 1 amide bonds. The molecule has 1 heterocycles. The molecule has 0 atom stereocenters. The Kier molecular flexibility index (Phi) is 3.03. The Morgan fingerprint density at radius 2 is 2.05 bits per heavy atom. The van der Waals surface area contributed by atoms with E-state index >= 15 is 0 Å². The highest BCUT2D eigenvalue weighted by Gasteiger charge is 2.22. The van der Waals surface area contributed by atoms with Crippen LogP contribution in [0.3, 0.4) is 0 Å². The minimum atomic E-state index is -3.57. The number of halogens is 1. The van der Waals surface area contributed by atoms with Gasteiger partial charge in [-0.15, -0.1) is 11.3 Å². The first kappa shape index (κ1) is 12.2. The molecule has 19 heavy (non-hydrogen) atoms. The first-order valence-corrected chi connectivity index (χ1v) is 7.72. The van der Waals surface area contributed by atoms with E-state index in [-0.39, 0.29) is 14.9 Å². The van der Waals surface area contributed by atoms with Crippen LogP contribution in [0.2, 0.25) is 1.41 Å². The van der Waals surface area contributed by atoms with Crippen LogP contribution < -0.4 is 5.73 Å². The van der Waals surface area contributed by atoms with Crippen molar-refractivity contribution in [3.8, 4) is 10.4 Å². The van der Waals surface area contributed by atoms with Crippen molar-refractivity contribution in [2.45, 2.75) is 4.34 Å². The van der Waals surface area contributed by atoms with Gasteiger partial charge in [0.25, 0.3) is 5.91 Å². The quantitative estimate of drug-likeness (QED) is 0.929. The van der Waals surface area contributed by atoms with Gasteiger partial charge in [-0.3, -0.25) is 4.79 Å². The van der Waals surface area contributed by atoms with E-state index in [0.717, 1.165) is 17.6 Å². The molecule has 0 aliphatic heterocycles. The number of amides is 1. The number of thiazole rings is 1. The highest BCUT2D eigenvalue weighted by molar-refractivity contribution is 7.92. The first-order chi connectivity index (χ1) is 9.32. The van der Waals surface area contributed by atoms with Gasteiger partial charge in [0.05, 0.1) is 4.88 Å². The number of carbonyl (C=O) groups is 1. The van der Waals surface area contributed by atoms with Crippen LogP contribution in [-0.4, -0.2) is 25.6 Å². The Hall–Kier alpha value is -1.80. The predicted octanol–water partition coefficient (Wildman–Crippen LogP) is 1.45. The summed E-state index contributed by atoms with van der Waals surface area (Å²) in [7, 11) is -3.57. The highest BCUT2D eigenvalue weighted by atomic mass is 32.2. The summed E-state index contributed by atoms with van der Waals surface area (Å²) in [5, 5.41) is 0. The van der Waals surface area contributed by atoms with Crippen molar-refractivity contribution in [2.24, 2.45) is 5.73 Å². The monoisotopic (exact) mass is 301 g/mol. The van der Waals surface area contributed by atoms with Crippen LogP contribution in [0.4, 0.5) is 4.39 Å². The predicted molar refractivity (Wildman–Crippen MR) is 69.1 cm³/mol. The summed E-state index contributed by atoms with van der Waals surface area (Å²) in [4.78, 5) is 15.6. The second-order valence-electron chi connectivity index (χ2n) is 3.77. The van der Waals surface area contributed by atoms with Crippen LogP contribution in [0.1, 0.15) is 10.5 Å². The topological polar surface area (TPSA) is 90.1 Å². The van der Waals surface area contributed by atoms with Crippen molar-refractivity contribution in [1.82, 2.24) is 4.98 Å². The van der Waals surface area contributed by atoms with E-state index in [0.29, 0.717) is 5.56 Å². The van der Waals surface area contributed by atoms with Crippen LogP contribution in [0, 0.1) is 5.82 Å². The van der Waals surface area contributed by atoms with Gasteiger partial charge in [-0.05, 0) is 17.7 Å². The van der Waals surface area contributed by atoms with Gasteiger partial charge in [-0.1, -0.05) is 12.1 Å². The molecule has 0 radical (unpaired) electrons. The summed E-state index contributed by atoms with van der Waals surface area (Å²) in [5.74, 6) is -1.27. The summed E-state index contributed by atoms with van der Waals surface area (Å²) in [6.45, 7) is 0. The second-order valence-corrected chi connectivity index (χ2v) is 6.95. The van der Waals surface area contributed by atoms with Gasteiger partial charge in [0.2, 0.25) is 14.2 Å². The molecule has 2 aromatic rings. The van der Waals surface area contributed by atoms with Gasteiger partial charge in [-0.2, -0.15) is 0 Å². The minimum absolute atomic E-state index is 0.169. The summed E-state index contributed by atoms with van der Waals surface area (Å²) in [5.41, 5.74) is 1.94. The summed E-state index contributed by atoms with van der Waals surface area (Å²) in [6, 6.07) is 5.21. The Balaban J connectivity index is 2.64. The number of hydrogen-bond acceptors (Lipinski definition) is 5. The van der Waals surface area contributed by atoms with Crippen molar-refractivity contribution in [3.63, 3.8) is 0 Å². The third kappa shape index (κ3) is 2.79. The van der Waals surface area contributed by atoms with Gasteiger partial charge in [0.15, 0.2) is 1.41 Å². The molecule has 0 unspecified atom stereocenters. The average molecular weight is 301 g/mol. The molecule has 2 rings (SSSR count). The summed E-state index contributed by atoms with van der Waals surface area (Å²) >= 11 is 0.803. The maximum Gasteiger partial charge on any atom is 0.268 e. The minimum Gasteiger partial charge on any atom is -0.364 e. The number of aromatic nitrogens is 1. The van der Waals surface area contributed by atoms with E-state index in [1.165, 1.54) is 24.3 Å². The number of benzene rings is 1. The largest absolute Gasteiger partial charge is 0.364 e. The second kappa shape index (κ2) is 4.71. The van der Waals surface area contributed by atoms with Crippen molar-refractivity contribution >= 4 is 27.1 Å². The number of primary amides is 1. The Bertz CT molecular complexity index is 756. The van der Waals surface area contributed by atoms with Gasteiger partial charge >= 0.3 is 0 Å². The Morgan fingerprint density at radius 1 is 1.42 bits per heavy atom.